The average Bonchev–Trinajstić information content (AvgIpc) is 2.95. The van der Waals surface area contributed by atoms with Gasteiger partial charge in [-0.1, -0.05) is 6.07 Å². The summed E-state index contributed by atoms with van der Waals surface area (Å²) in [6.45, 7) is 1.23. The summed E-state index contributed by atoms with van der Waals surface area (Å²) < 4.78 is 31.8. The van der Waals surface area contributed by atoms with Gasteiger partial charge in [0, 0.05) is 18.4 Å². The van der Waals surface area contributed by atoms with Gasteiger partial charge in [0.05, 0.1) is 0 Å². The maximum absolute atomic E-state index is 13.4. The van der Waals surface area contributed by atoms with Crippen LogP contribution in [0.3, 0.4) is 0 Å². The van der Waals surface area contributed by atoms with Crippen molar-refractivity contribution in [3.63, 3.8) is 0 Å². The number of benzene rings is 1. The molecule has 1 fully saturated rings. The number of carbonyl (C=O) groups excluding carboxylic acids is 3. The van der Waals surface area contributed by atoms with Crippen LogP contribution in [0.5, 0.6) is 0 Å². The van der Waals surface area contributed by atoms with Gasteiger partial charge in [-0.05, 0) is 19.1 Å². The number of aliphatic hydroxyl groups excluding tert-OH is 1. The molecular formula is C15H11F2NO5. The molecule has 3 rings (SSSR count). The Morgan fingerprint density at radius 3 is 2.30 bits per heavy atom. The summed E-state index contributed by atoms with van der Waals surface area (Å²) in [5.74, 6) is -5.95. The van der Waals surface area contributed by atoms with Gasteiger partial charge in [0.1, 0.15) is 0 Å². The fourth-order valence-electron chi connectivity index (χ4n) is 2.55. The van der Waals surface area contributed by atoms with Gasteiger partial charge < -0.3 is 9.84 Å². The molecule has 2 aliphatic rings. The average molecular weight is 323 g/mol. The molecule has 0 bridgehead atoms. The summed E-state index contributed by atoms with van der Waals surface area (Å²) in [6.07, 6.45) is -0.121. The number of rotatable bonds is 2. The lowest BCUT2D eigenvalue weighted by Gasteiger charge is -2.25. The third-order valence-electron chi connectivity index (χ3n) is 3.88. The number of carbonyl (C=O) groups is 3. The normalized spacial score (nSPS) is 24.7. The summed E-state index contributed by atoms with van der Waals surface area (Å²) in [6, 6.07) is 2.70. The summed E-state index contributed by atoms with van der Waals surface area (Å²) >= 11 is 0. The second kappa shape index (κ2) is 4.87. The quantitative estimate of drug-likeness (QED) is 0.837. The lowest BCUT2D eigenvalue weighted by atomic mass is 9.91. The summed E-state index contributed by atoms with van der Waals surface area (Å²) in [7, 11) is 0. The van der Waals surface area contributed by atoms with E-state index in [1.165, 1.54) is 6.92 Å². The number of nitrogens with zero attached hydrogens (tertiary/aromatic N) is 1. The number of Topliss-reactive ketones (excluding diaryl/α,β-unsaturated/α-hetero) is 1. The number of halogens is 2. The van der Waals surface area contributed by atoms with Crippen molar-refractivity contribution in [1.82, 2.24) is 4.90 Å². The van der Waals surface area contributed by atoms with E-state index in [4.69, 9.17) is 4.74 Å². The minimum Gasteiger partial charge on any atom is -0.501 e. The van der Waals surface area contributed by atoms with Crippen molar-refractivity contribution in [3.8, 4) is 0 Å². The van der Waals surface area contributed by atoms with Gasteiger partial charge in [-0.15, -0.1) is 0 Å². The van der Waals surface area contributed by atoms with Crippen molar-refractivity contribution >= 4 is 17.6 Å². The molecule has 2 amide bonds. The van der Waals surface area contributed by atoms with Gasteiger partial charge in [-0.3, -0.25) is 14.4 Å². The van der Waals surface area contributed by atoms with E-state index in [0.717, 1.165) is 18.2 Å². The van der Waals surface area contributed by atoms with Gasteiger partial charge in [-0.2, -0.15) is 0 Å². The minimum absolute atomic E-state index is 0.0537. The molecule has 0 spiro atoms. The first kappa shape index (κ1) is 15.1. The number of hydrogen-bond acceptors (Lipinski definition) is 5. The van der Waals surface area contributed by atoms with Crippen LogP contribution in [0, 0.1) is 11.6 Å². The van der Waals surface area contributed by atoms with Crippen LogP contribution in [0.15, 0.2) is 29.8 Å². The van der Waals surface area contributed by atoms with Crippen LogP contribution in [-0.4, -0.2) is 27.6 Å². The third kappa shape index (κ3) is 2.09. The van der Waals surface area contributed by atoms with E-state index in [0.29, 0.717) is 4.90 Å². The van der Waals surface area contributed by atoms with E-state index in [1.807, 2.05) is 0 Å². The molecule has 1 unspecified atom stereocenters. The zero-order chi connectivity index (χ0) is 16.9. The van der Waals surface area contributed by atoms with Crippen LogP contribution in [0.25, 0.3) is 0 Å². The lowest BCUT2D eigenvalue weighted by Crippen LogP contribution is -2.34. The Hall–Kier alpha value is -2.77. The monoisotopic (exact) mass is 323 g/mol. The second-order valence-corrected chi connectivity index (χ2v) is 5.37. The highest BCUT2D eigenvalue weighted by molar-refractivity contribution is 6.08. The first-order valence-corrected chi connectivity index (χ1v) is 6.74. The molecule has 2 heterocycles. The molecule has 1 aromatic carbocycles. The smallest absolute Gasteiger partial charge is 0.252 e. The van der Waals surface area contributed by atoms with Gasteiger partial charge in [0.25, 0.3) is 11.7 Å². The summed E-state index contributed by atoms with van der Waals surface area (Å²) in [5.41, 5.74) is -1.92. The molecule has 2 aliphatic heterocycles. The number of ketones is 1. The number of hydrogen-bond donors (Lipinski definition) is 1. The van der Waals surface area contributed by atoms with Crippen LogP contribution < -0.4 is 0 Å². The predicted octanol–water partition coefficient (Wildman–Crippen LogP) is 1.66. The Bertz CT molecular complexity index is 772. The molecule has 6 nitrogen and oxygen atoms in total. The van der Waals surface area contributed by atoms with Gasteiger partial charge in [0.15, 0.2) is 17.2 Å². The molecule has 1 aromatic rings. The number of likely N-dealkylation sites (tertiary alicyclic amines) is 1. The minimum atomic E-state index is -1.86. The van der Waals surface area contributed by atoms with Gasteiger partial charge >= 0.3 is 0 Å². The highest BCUT2D eigenvalue weighted by Crippen LogP contribution is 2.40. The molecule has 0 aromatic heterocycles. The molecule has 1 N–H and O–H groups in total. The van der Waals surface area contributed by atoms with E-state index >= 15 is 0 Å². The van der Waals surface area contributed by atoms with E-state index in [9.17, 15) is 28.3 Å². The van der Waals surface area contributed by atoms with Crippen LogP contribution in [0.2, 0.25) is 0 Å². The summed E-state index contributed by atoms with van der Waals surface area (Å²) in [4.78, 5) is 36.4. The SMILES string of the molecule is CC1(c2ccc(F)c(F)c2)OC(N2C(=O)CCC2=O)=C(O)C1=O. The van der Waals surface area contributed by atoms with Gasteiger partial charge in [0.2, 0.25) is 17.6 Å². The molecule has 1 saturated heterocycles. The number of aliphatic hydroxyl groups is 1. The van der Waals surface area contributed by atoms with Crippen LogP contribution in [0.1, 0.15) is 25.3 Å². The van der Waals surface area contributed by atoms with Crippen molar-refractivity contribution in [3.05, 3.63) is 47.0 Å². The van der Waals surface area contributed by atoms with Crippen molar-refractivity contribution in [2.45, 2.75) is 25.4 Å². The van der Waals surface area contributed by atoms with Crippen molar-refractivity contribution in [1.29, 1.82) is 0 Å². The topological polar surface area (TPSA) is 83.9 Å². The number of imide groups is 1. The molecule has 120 valence electrons. The van der Waals surface area contributed by atoms with E-state index in [1.54, 1.807) is 0 Å². The molecule has 0 saturated carbocycles. The number of ether oxygens (including phenoxy) is 1. The lowest BCUT2D eigenvalue weighted by molar-refractivity contribution is -0.144. The van der Waals surface area contributed by atoms with Crippen molar-refractivity contribution < 1.29 is 33.0 Å². The van der Waals surface area contributed by atoms with E-state index < -0.39 is 46.5 Å². The standard InChI is InChI=1S/C15H11F2NO5/c1-15(7-2-3-8(16)9(17)6-7)13(22)12(21)14(23-15)18-10(19)4-5-11(18)20/h2-3,6,21H,4-5H2,1H3. The molecule has 8 heteroatoms. The highest BCUT2D eigenvalue weighted by atomic mass is 19.2. The van der Waals surface area contributed by atoms with Crippen molar-refractivity contribution in [2.24, 2.45) is 0 Å². The Morgan fingerprint density at radius 2 is 1.74 bits per heavy atom. The fourth-order valence-corrected chi connectivity index (χ4v) is 2.55. The summed E-state index contributed by atoms with van der Waals surface area (Å²) in [5, 5.41) is 9.97. The Labute approximate surface area is 128 Å². The Morgan fingerprint density at radius 1 is 1.13 bits per heavy atom. The van der Waals surface area contributed by atoms with Crippen molar-refractivity contribution in [2.75, 3.05) is 0 Å². The molecule has 0 aliphatic carbocycles. The Kier molecular flexibility index (Phi) is 3.20. The fraction of sp³-hybridized carbons (Fsp3) is 0.267. The second-order valence-electron chi connectivity index (χ2n) is 5.37. The molecule has 23 heavy (non-hydrogen) atoms. The highest BCUT2D eigenvalue weighted by Gasteiger charge is 2.52. The zero-order valence-electron chi connectivity index (χ0n) is 11.9. The molecular weight excluding hydrogens is 312 g/mol. The molecule has 0 radical (unpaired) electrons. The largest absolute Gasteiger partial charge is 0.501 e. The van der Waals surface area contributed by atoms with Crippen LogP contribution >= 0.6 is 0 Å². The van der Waals surface area contributed by atoms with Crippen LogP contribution in [0.4, 0.5) is 8.78 Å². The zero-order valence-corrected chi connectivity index (χ0v) is 11.9. The first-order valence-electron chi connectivity index (χ1n) is 6.74. The Balaban J connectivity index is 2.02. The molecule has 1 atom stereocenters. The first-order chi connectivity index (χ1) is 10.8. The maximum Gasteiger partial charge on any atom is 0.252 e. The van der Waals surface area contributed by atoms with E-state index in [2.05, 4.69) is 0 Å². The predicted molar refractivity (Wildman–Crippen MR) is 70.5 cm³/mol. The maximum atomic E-state index is 13.4. The number of amides is 2. The van der Waals surface area contributed by atoms with Crippen LogP contribution in [-0.2, 0) is 24.7 Å². The third-order valence-corrected chi connectivity index (χ3v) is 3.88. The van der Waals surface area contributed by atoms with E-state index in [-0.39, 0.29) is 18.4 Å². The van der Waals surface area contributed by atoms with Gasteiger partial charge in [-0.25, -0.2) is 13.7 Å².